The highest BCUT2D eigenvalue weighted by molar-refractivity contribution is 5.74. The average molecular weight is 284 g/mol. The molecule has 2 fully saturated rings. The van der Waals surface area contributed by atoms with E-state index < -0.39 is 0 Å². The molecule has 1 saturated carbocycles. The van der Waals surface area contributed by atoms with Gasteiger partial charge in [0.1, 0.15) is 0 Å². The molecule has 0 radical (unpaired) electrons. The lowest BCUT2D eigenvalue weighted by molar-refractivity contribution is -0.0402. The van der Waals surface area contributed by atoms with Gasteiger partial charge in [-0.15, -0.1) is 0 Å². The van der Waals surface area contributed by atoms with Gasteiger partial charge in [0, 0.05) is 18.7 Å². The maximum atomic E-state index is 12.0. The number of aliphatic hydroxyl groups excluding tert-OH is 1. The summed E-state index contributed by atoms with van der Waals surface area (Å²) in [7, 11) is 0. The number of hydrogen-bond acceptors (Lipinski definition) is 3. The van der Waals surface area contributed by atoms with Gasteiger partial charge in [-0.1, -0.05) is 0 Å². The van der Waals surface area contributed by atoms with Crippen LogP contribution in [0, 0.1) is 5.92 Å². The second-order valence-corrected chi connectivity index (χ2v) is 6.44. The fourth-order valence-electron chi connectivity index (χ4n) is 3.42. The fraction of sp³-hybridized carbons (Fsp3) is 0.933. The van der Waals surface area contributed by atoms with E-state index >= 15 is 0 Å². The van der Waals surface area contributed by atoms with Crippen molar-refractivity contribution in [1.29, 1.82) is 0 Å². The molecule has 2 unspecified atom stereocenters. The van der Waals surface area contributed by atoms with Crippen molar-refractivity contribution in [2.75, 3.05) is 6.61 Å². The molecule has 0 spiro atoms. The molecular weight excluding hydrogens is 256 g/mol. The Bertz CT molecular complexity index is 306. The summed E-state index contributed by atoms with van der Waals surface area (Å²) in [5.74, 6) is 0.424. The SMILES string of the molecule is CC1CC(NC(=O)NC2CCC(CO)CC2)CC(C)O1. The van der Waals surface area contributed by atoms with E-state index in [0.29, 0.717) is 5.92 Å². The van der Waals surface area contributed by atoms with Crippen LogP contribution in [0.2, 0.25) is 0 Å². The van der Waals surface area contributed by atoms with Crippen LogP contribution >= 0.6 is 0 Å². The van der Waals surface area contributed by atoms with Crippen LogP contribution < -0.4 is 10.6 Å². The molecule has 0 aromatic rings. The van der Waals surface area contributed by atoms with Crippen LogP contribution in [0.1, 0.15) is 52.4 Å². The van der Waals surface area contributed by atoms with Crippen molar-refractivity contribution in [3.63, 3.8) is 0 Å². The molecule has 2 rings (SSSR count). The molecule has 116 valence electrons. The Morgan fingerprint density at radius 1 is 1.05 bits per heavy atom. The van der Waals surface area contributed by atoms with Gasteiger partial charge in [0.15, 0.2) is 0 Å². The highest BCUT2D eigenvalue weighted by Crippen LogP contribution is 2.24. The van der Waals surface area contributed by atoms with Gasteiger partial charge in [-0.2, -0.15) is 0 Å². The zero-order chi connectivity index (χ0) is 14.5. The minimum Gasteiger partial charge on any atom is -0.396 e. The maximum absolute atomic E-state index is 12.0. The molecule has 20 heavy (non-hydrogen) atoms. The number of nitrogens with one attached hydrogen (secondary N) is 2. The standard InChI is InChI=1S/C15H28N2O3/c1-10-7-14(8-11(2)20-10)17-15(19)16-13-5-3-12(9-18)4-6-13/h10-14,18H,3-9H2,1-2H3,(H2,16,17,19). The number of amides is 2. The van der Waals surface area contributed by atoms with Gasteiger partial charge >= 0.3 is 6.03 Å². The van der Waals surface area contributed by atoms with Crippen molar-refractivity contribution in [3.8, 4) is 0 Å². The predicted molar refractivity (Wildman–Crippen MR) is 77.5 cm³/mol. The molecule has 1 aliphatic heterocycles. The van der Waals surface area contributed by atoms with Crippen LogP contribution in [-0.4, -0.2) is 42.0 Å². The van der Waals surface area contributed by atoms with Crippen LogP contribution in [0.15, 0.2) is 0 Å². The Hall–Kier alpha value is -0.810. The second-order valence-electron chi connectivity index (χ2n) is 6.44. The number of carbonyl (C=O) groups is 1. The van der Waals surface area contributed by atoms with Gasteiger partial charge in [0.2, 0.25) is 0 Å². The largest absolute Gasteiger partial charge is 0.396 e. The molecular formula is C15H28N2O3. The zero-order valence-electron chi connectivity index (χ0n) is 12.6. The number of hydrogen-bond donors (Lipinski definition) is 3. The van der Waals surface area contributed by atoms with Gasteiger partial charge in [-0.05, 0) is 58.3 Å². The van der Waals surface area contributed by atoms with Crippen LogP contribution in [0.3, 0.4) is 0 Å². The Morgan fingerprint density at radius 3 is 2.15 bits per heavy atom. The molecule has 1 aliphatic carbocycles. The first-order chi connectivity index (χ1) is 9.56. The number of ether oxygens (including phenoxy) is 1. The quantitative estimate of drug-likeness (QED) is 0.740. The van der Waals surface area contributed by atoms with Crippen LogP contribution in [-0.2, 0) is 4.74 Å². The third-order valence-electron chi connectivity index (χ3n) is 4.47. The highest BCUT2D eigenvalue weighted by atomic mass is 16.5. The number of aliphatic hydroxyl groups is 1. The summed E-state index contributed by atoms with van der Waals surface area (Å²) < 4.78 is 5.68. The van der Waals surface area contributed by atoms with Gasteiger partial charge in [0.25, 0.3) is 0 Å². The van der Waals surface area contributed by atoms with Crippen molar-refractivity contribution < 1.29 is 14.6 Å². The third-order valence-corrected chi connectivity index (χ3v) is 4.47. The van der Waals surface area contributed by atoms with E-state index in [-0.39, 0.29) is 36.9 Å². The highest BCUT2D eigenvalue weighted by Gasteiger charge is 2.27. The molecule has 1 saturated heterocycles. The van der Waals surface area contributed by atoms with Crippen molar-refractivity contribution in [1.82, 2.24) is 10.6 Å². The van der Waals surface area contributed by atoms with E-state index in [2.05, 4.69) is 24.5 Å². The fourth-order valence-corrected chi connectivity index (χ4v) is 3.42. The van der Waals surface area contributed by atoms with E-state index in [0.717, 1.165) is 38.5 Å². The van der Waals surface area contributed by atoms with E-state index in [4.69, 9.17) is 9.84 Å². The summed E-state index contributed by atoms with van der Waals surface area (Å²) in [6.07, 6.45) is 6.15. The molecule has 5 nitrogen and oxygen atoms in total. The molecule has 2 aliphatic rings. The molecule has 2 amide bonds. The van der Waals surface area contributed by atoms with Gasteiger partial charge in [0.05, 0.1) is 12.2 Å². The summed E-state index contributed by atoms with van der Waals surface area (Å²) in [4.78, 5) is 12.0. The van der Waals surface area contributed by atoms with E-state index in [1.807, 2.05) is 0 Å². The first-order valence-corrected chi connectivity index (χ1v) is 7.90. The molecule has 0 bridgehead atoms. The minimum absolute atomic E-state index is 0.0521. The Labute approximate surface area is 121 Å². The van der Waals surface area contributed by atoms with E-state index in [9.17, 15) is 4.79 Å². The first kappa shape index (κ1) is 15.6. The van der Waals surface area contributed by atoms with E-state index in [1.54, 1.807) is 0 Å². The monoisotopic (exact) mass is 284 g/mol. The van der Waals surface area contributed by atoms with Crippen molar-refractivity contribution in [2.45, 2.75) is 76.7 Å². The van der Waals surface area contributed by atoms with Crippen molar-refractivity contribution in [2.24, 2.45) is 5.92 Å². The second kappa shape index (κ2) is 7.27. The predicted octanol–water partition coefficient (Wildman–Crippen LogP) is 1.79. The normalized spacial score (nSPS) is 38.2. The number of urea groups is 1. The molecule has 3 N–H and O–H groups in total. The number of rotatable bonds is 3. The molecule has 0 aromatic carbocycles. The lowest BCUT2D eigenvalue weighted by Gasteiger charge is -2.33. The molecule has 2 atom stereocenters. The summed E-state index contributed by atoms with van der Waals surface area (Å²) >= 11 is 0. The smallest absolute Gasteiger partial charge is 0.315 e. The zero-order valence-corrected chi connectivity index (χ0v) is 12.6. The van der Waals surface area contributed by atoms with Gasteiger partial charge in [-0.3, -0.25) is 0 Å². The maximum Gasteiger partial charge on any atom is 0.315 e. The summed E-state index contributed by atoms with van der Waals surface area (Å²) in [6.45, 7) is 4.38. The topological polar surface area (TPSA) is 70.6 Å². The van der Waals surface area contributed by atoms with Crippen LogP contribution in [0.4, 0.5) is 4.79 Å². The number of carbonyl (C=O) groups excluding carboxylic acids is 1. The summed E-state index contributed by atoms with van der Waals surface area (Å²) in [5.41, 5.74) is 0. The third kappa shape index (κ3) is 4.63. The molecule has 0 aromatic heterocycles. The Morgan fingerprint density at radius 2 is 1.60 bits per heavy atom. The van der Waals surface area contributed by atoms with Crippen LogP contribution in [0.25, 0.3) is 0 Å². The average Bonchev–Trinajstić information content (AvgIpc) is 2.38. The van der Waals surface area contributed by atoms with Gasteiger partial charge in [-0.25, -0.2) is 4.79 Å². The Kier molecular flexibility index (Phi) is 5.66. The van der Waals surface area contributed by atoms with Crippen LogP contribution in [0.5, 0.6) is 0 Å². The summed E-state index contributed by atoms with van der Waals surface area (Å²) in [6, 6.07) is 0.416. The minimum atomic E-state index is -0.0521. The van der Waals surface area contributed by atoms with Crippen molar-refractivity contribution in [3.05, 3.63) is 0 Å². The lowest BCUT2D eigenvalue weighted by atomic mass is 9.87. The lowest BCUT2D eigenvalue weighted by Crippen LogP contribution is -2.50. The molecule has 5 heteroatoms. The Balaban J connectivity index is 1.70. The summed E-state index contributed by atoms with van der Waals surface area (Å²) in [5, 5.41) is 15.3. The first-order valence-electron chi connectivity index (χ1n) is 7.90. The molecule has 1 heterocycles. The van der Waals surface area contributed by atoms with Gasteiger partial charge < -0.3 is 20.5 Å². The van der Waals surface area contributed by atoms with Crippen molar-refractivity contribution >= 4 is 6.03 Å². The van der Waals surface area contributed by atoms with E-state index in [1.165, 1.54) is 0 Å².